The van der Waals surface area contributed by atoms with E-state index in [0.717, 1.165) is 6.42 Å². The molecule has 1 atom stereocenters. The van der Waals surface area contributed by atoms with Crippen LogP contribution in [-0.2, 0) is 0 Å². The third-order valence-electron chi connectivity index (χ3n) is 11.7. The second-order valence-electron chi connectivity index (χ2n) is 16.8. The summed E-state index contributed by atoms with van der Waals surface area (Å²) in [5, 5.41) is 18.5. The normalized spacial score (nSPS) is 12.3. The molecule has 0 aliphatic heterocycles. The van der Waals surface area contributed by atoms with E-state index in [4.69, 9.17) is 5.11 Å². The van der Waals surface area contributed by atoms with Crippen LogP contribution < -0.4 is 0 Å². The number of aliphatic hydroxyl groups is 2. The third-order valence-corrected chi connectivity index (χ3v) is 11.7. The number of hydrogen-bond acceptors (Lipinski definition) is 2. The highest BCUT2D eigenvalue weighted by Gasteiger charge is 2.07. The van der Waals surface area contributed by atoms with Crippen LogP contribution in [0.3, 0.4) is 0 Å². The molecule has 0 rings (SSSR count). The molecule has 0 amide bonds. The fraction of sp³-hybridized carbons (Fsp3) is 1.00. The Morgan fingerprint density at radius 2 is 0.420 bits per heavy atom. The summed E-state index contributed by atoms with van der Waals surface area (Å²) in [4.78, 5) is 0. The maximum absolute atomic E-state index is 9.69. The van der Waals surface area contributed by atoms with Gasteiger partial charge in [0.2, 0.25) is 0 Å². The molecule has 2 nitrogen and oxygen atoms in total. The van der Waals surface area contributed by atoms with Gasteiger partial charge in [0.1, 0.15) is 0 Å². The lowest BCUT2D eigenvalue weighted by Crippen LogP contribution is -2.06. The Morgan fingerprint density at radius 1 is 0.240 bits per heavy atom. The van der Waals surface area contributed by atoms with Crippen LogP contribution in [0.25, 0.3) is 0 Å². The minimum absolute atomic E-state index is 0.372. The molecule has 0 saturated heterocycles. The van der Waals surface area contributed by atoms with Crippen molar-refractivity contribution < 1.29 is 10.2 Å². The molecule has 2 N–H and O–H groups in total. The third kappa shape index (κ3) is 44.1. The van der Waals surface area contributed by atoms with Gasteiger partial charge >= 0.3 is 0 Å². The van der Waals surface area contributed by atoms with Crippen molar-refractivity contribution in [1.29, 1.82) is 0 Å². The molecule has 0 aromatic rings. The monoisotopic (exact) mass is 707 g/mol. The fourth-order valence-electron chi connectivity index (χ4n) is 8.10. The molecule has 0 aliphatic rings. The van der Waals surface area contributed by atoms with E-state index in [2.05, 4.69) is 6.92 Å². The van der Waals surface area contributed by atoms with Gasteiger partial charge in [-0.15, -0.1) is 0 Å². The van der Waals surface area contributed by atoms with Gasteiger partial charge in [-0.2, -0.15) is 0 Å². The first-order valence-corrected chi connectivity index (χ1v) is 24.1. The molecule has 0 radical (unpaired) electrons. The molecule has 1 unspecified atom stereocenters. The first-order valence-electron chi connectivity index (χ1n) is 24.1. The van der Waals surface area contributed by atoms with Gasteiger partial charge in [-0.3, -0.25) is 0 Å². The first kappa shape index (κ1) is 49.9. The maximum Gasteiger partial charge on any atom is 0.0459 e. The van der Waals surface area contributed by atoms with Crippen molar-refractivity contribution >= 4 is 0 Å². The lowest BCUT2D eigenvalue weighted by molar-refractivity contribution is 0.204. The number of unbranched alkanes of at least 4 members (excludes halogenated alkanes) is 40. The van der Waals surface area contributed by atoms with E-state index in [1.165, 1.54) is 276 Å². The summed E-state index contributed by atoms with van der Waals surface area (Å²) in [5.74, 6) is 0.571. The molecule has 0 heterocycles. The summed E-state index contributed by atoms with van der Waals surface area (Å²) in [6.45, 7) is 3.07. The molecule has 302 valence electrons. The molecule has 0 aliphatic carbocycles. The Bertz CT molecular complexity index is 562. The van der Waals surface area contributed by atoms with Gasteiger partial charge in [0.15, 0.2) is 0 Å². The molecule has 0 aromatic carbocycles. The van der Waals surface area contributed by atoms with E-state index < -0.39 is 0 Å². The van der Waals surface area contributed by atoms with Gasteiger partial charge in [0, 0.05) is 13.2 Å². The Hall–Kier alpha value is -0.0800. The zero-order valence-corrected chi connectivity index (χ0v) is 35.0. The van der Waals surface area contributed by atoms with E-state index >= 15 is 0 Å². The van der Waals surface area contributed by atoms with E-state index in [-0.39, 0.29) is 0 Å². The van der Waals surface area contributed by atoms with Crippen LogP contribution in [0.5, 0.6) is 0 Å². The summed E-state index contributed by atoms with van der Waals surface area (Å²) in [6.07, 6.45) is 62.2. The minimum atomic E-state index is 0.372. The van der Waals surface area contributed by atoms with Crippen LogP contribution in [0.2, 0.25) is 0 Å². The van der Waals surface area contributed by atoms with Crippen molar-refractivity contribution in [3.63, 3.8) is 0 Å². The number of aliphatic hydroxyl groups excluding tert-OH is 2. The summed E-state index contributed by atoms with van der Waals surface area (Å²) in [7, 11) is 0. The second kappa shape index (κ2) is 46.9. The van der Waals surface area contributed by atoms with Crippen molar-refractivity contribution in [2.75, 3.05) is 13.2 Å². The molecule has 2 heteroatoms. The van der Waals surface area contributed by atoms with Crippen molar-refractivity contribution in [2.24, 2.45) is 5.92 Å². The van der Waals surface area contributed by atoms with Crippen LogP contribution in [0.4, 0.5) is 0 Å². The molecule has 0 bridgehead atoms. The van der Waals surface area contributed by atoms with Crippen molar-refractivity contribution in [3.05, 3.63) is 0 Å². The number of hydrogen-bond donors (Lipinski definition) is 2. The Morgan fingerprint density at radius 3 is 0.600 bits per heavy atom. The van der Waals surface area contributed by atoms with Gasteiger partial charge in [-0.05, 0) is 25.2 Å². The maximum atomic E-state index is 9.69. The zero-order chi connectivity index (χ0) is 36.1. The van der Waals surface area contributed by atoms with Gasteiger partial charge in [-0.1, -0.05) is 270 Å². The van der Waals surface area contributed by atoms with Crippen LogP contribution >= 0.6 is 0 Å². The zero-order valence-electron chi connectivity index (χ0n) is 35.0. The van der Waals surface area contributed by atoms with E-state index in [9.17, 15) is 5.11 Å². The van der Waals surface area contributed by atoms with Gasteiger partial charge in [0.05, 0.1) is 0 Å². The molecular formula is C48H98O2. The lowest BCUT2D eigenvalue weighted by atomic mass is 9.95. The van der Waals surface area contributed by atoms with Crippen LogP contribution in [0, 0.1) is 5.92 Å². The second-order valence-corrected chi connectivity index (χ2v) is 16.8. The van der Waals surface area contributed by atoms with Gasteiger partial charge in [-0.25, -0.2) is 0 Å². The highest BCUT2D eigenvalue weighted by Crippen LogP contribution is 2.20. The summed E-state index contributed by atoms with van der Waals surface area (Å²) < 4.78 is 0. The molecule has 0 spiro atoms. The van der Waals surface area contributed by atoms with Gasteiger partial charge in [0.25, 0.3) is 0 Å². The molecular weight excluding hydrogens is 609 g/mol. The van der Waals surface area contributed by atoms with Crippen molar-refractivity contribution in [3.8, 4) is 0 Å². The van der Waals surface area contributed by atoms with Gasteiger partial charge < -0.3 is 10.2 Å². The molecule has 0 saturated carbocycles. The van der Waals surface area contributed by atoms with E-state index in [1.807, 2.05) is 0 Å². The Balaban J connectivity index is 3.13. The smallest absolute Gasteiger partial charge is 0.0459 e. The Labute approximate surface area is 317 Å². The Kier molecular flexibility index (Phi) is 46.9. The summed E-state index contributed by atoms with van der Waals surface area (Å²) in [5.41, 5.74) is 0. The standard InChI is InChI=1S/C48H98O2/c1-2-3-4-5-38-41-44-48(47-50)45-42-39-36-34-32-30-28-26-24-22-20-18-16-14-12-10-8-6-7-9-11-13-15-17-19-21-23-25-27-29-31-33-35-37-40-43-46-49/h48-50H,2-47H2,1H3. The van der Waals surface area contributed by atoms with E-state index in [0.29, 0.717) is 19.1 Å². The molecule has 50 heavy (non-hydrogen) atoms. The van der Waals surface area contributed by atoms with Crippen molar-refractivity contribution in [2.45, 2.75) is 289 Å². The lowest BCUT2D eigenvalue weighted by Gasteiger charge is -2.13. The fourth-order valence-corrected chi connectivity index (χ4v) is 8.10. The molecule has 0 fully saturated rings. The average Bonchev–Trinajstić information content (AvgIpc) is 3.13. The highest BCUT2D eigenvalue weighted by atomic mass is 16.3. The minimum Gasteiger partial charge on any atom is -0.396 e. The highest BCUT2D eigenvalue weighted by molar-refractivity contribution is 4.60. The summed E-state index contributed by atoms with van der Waals surface area (Å²) in [6, 6.07) is 0. The quantitative estimate of drug-likeness (QED) is 0.0619. The van der Waals surface area contributed by atoms with Crippen LogP contribution in [0.15, 0.2) is 0 Å². The average molecular weight is 707 g/mol. The van der Waals surface area contributed by atoms with Crippen LogP contribution in [0.1, 0.15) is 289 Å². The SMILES string of the molecule is CCCCCCCCC(CO)CCCCCCCCCCCCCCCCCCCCCCCCCCCCCCCCCCCCCCO. The van der Waals surface area contributed by atoms with Crippen molar-refractivity contribution in [1.82, 2.24) is 0 Å². The van der Waals surface area contributed by atoms with E-state index in [1.54, 1.807) is 0 Å². The first-order chi connectivity index (χ1) is 24.8. The largest absolute Gasteiger partial charge is 0.396 e. The predicted molar refractivity (Wildman–Crippen MR) is 226 cm³/mol. The predicted octanol–water partition coefficient (Wildman–Crippen LogP) is 16.8. The van der Waals surface area contributed by atoms with Crippen LogP contribution in [-0.4, -0.2) is 23.4 Å². The number of rotatable bonds is 46. The topological polar surface area (TPSA) is 40.5 Å². The summed E-state index contributed by atoms with van der Waals surface area (Å²) >= 11 is 0. The molecule has 0 aromatic heterocycles.